The molecule has 1 nitrogen and oxygen atoms in total. The van der Waals surface area contributed by atoms with Gasteiger partial charge in [-0.1, -0.05) is 28.1 Å². The molecule has 2 aromatic carbocycles. The molecule has 0 saturated carbocycles. The number of nitrogens with one attached hydrogen (secondary N) is 1. The highest BCUT2D eigenvalue weighted by molar-refractivity contribution is 9.10. The normalized spacial score (nSPS) is 10.4. The summed E-state index contributed by atoms with van der Waals surface area (Å²) in [5.41, 5.74) is 4.02. The first-order valence-corrected chi connectivity index (χ1v) is 6.60. The van der Waals surface area contributed by atoms with Crippen LogP contribution in [-0.4, -0.2) is 0 Å². The molecule has 0 amide bonds. The van der Waals surface area contributed by atoms with E-state index in [0.29, 0.717) is 12.1 Å². The standard InChI is InChI=1S/C15H15BrFN/c1-10-8-13(4-5-14(10)16)18-9-12-3-6-15(17)11(2)7-12/h3-8,18H,9H2,1-2H3. The fourth-order valence-electron chi connectivity index (χ4n) is 1.78. The zero-order valence-corrected chi connectivity index (χ0v) is 12.0. The van der Waals surface area contributed by atoms with Crippen LogP contribution in [0, 0.1) is 19.7 Å². The molecule has 0 radical (unpaired) electrons. The first-order valence-electron chi connectivity index (χ1n) is 5.81. The number of hydrogen-bond acceptors (Lipinski definition) is 1. The molecule has 0 bridgehead atoms. The topological polar surface area (TPSA) is 12.0 Å². The van der Waals surface area contributed by atoms with Gasteiger partial charge in [0.25, 0.3) is 0 Å². The summed E-state index contributed by atoms with van der Waals surface area (Å²) < 4.78 is 14.2. The molecule has 0 aliphatic rings. The van der Waals surface area contributed by atoms with E-state index in [2.05, 4.69) is 34.2 Å². The van der Waals surface area contributed by atoms with E-state index in [0.717, 1.165) is 15.7 Å². The monoisotopic (exact) mass is 307 g/mol. The van der Waals surface area contributed by atoms with Crippen molar-refractivity contribution in [1.29, 1.82) is 0 Å². The van der Waals surface area contributed by atoms with Gasteiger partial charge < -0.3 is 5.32 Å². The lowest BCUT2D eigenvalue weighted by molar-refractivity contribution is 0.617. The largest absolute Gasteiger partial charge is 0.381 e. The fraction of sp³-hybridized carbons (Fsp3) is 0.200. The molecule has 0 saturated heterocycles. The highest BCUT2D eigenvalue weighted by atomic mass is 79.9. The van der Waals surface area contributed by atoms with Crippen LogP contribution in [0.15, 0.2) is 40.9 Å². The summed E-state index contributed by atoms with van der Waals surface area (Å²) in [7, 11) is 0. The minimum atomic E-state index is -0.154. The summed E-state index contributed by atoms with van der Waals surface area (Å²) >= 11 is 3.47. The van der Waals surface area contributed by atoms with Gasteiger partial charge in [-0.3, -0.25) is 0 Å². The zero-order chi connectivity index (χ0) is 13.1. The van der Waals surface area contributed by atoms with Crippen LogP contribution in [0.1, 0.15) is 16.7 Å². The van der Waals surface area contributed by atoms with Gasteiger partial charge in [-0.2, -0.15) is 0 Å². The van der Waals surface area contributed by atoms with Crippen LogP contribution in [0.4, 0.5) is 10.1 Å². The first-order chi connectivity index (χ1) is 8.56. The van der Waals surface area contributed by atoms with Gasteiger partial charge in [-0.05, 0) is 54.8 Å². The number of halogens is 2. The second kappa shape index (κ2) is 5.53. The van der Waals surface area contributed by atoms with Gasteiger partial charge in [0, 0.05) is 16.7 Å². The Morgan fingerprint density at radius 3 is 2.50 bits per heavy atom. The quantitative estimate of drug-likeness (QED) is 0.857. The molecular formula is C15H15BrFN. The van der Waals surface area contributed by atoms with E-state index in [9.17, 15) is 4.39 Å². The van der Waals surface area contributed by atoms with E-state index in [4.69, 9.17) is 0 Å². The predicted octanol–water partition coefficient (Wildman–Crippen LogP) is 4.82. The predicted molar refractivity (Wildman–Crippen MR) is 77.3 cm³/mol. The Balaban J connectivity index is 2.06. The van der Waals surface area contributed by atoms with Gasteiger partial charge in [0.1, 0.15) is 5.82 Å². The van der Waals surface area contributed by atoms with Crippen molar-refractivity contribution < 1.29 is 4.39 Å². The Bertz CT molecular complexity index is 515. The van der Waals surface area contributed by atoms with Crippen LogP contribution in [0.2, 0.25) is 0 Å². The van der Waals surface area contributed by atoms with Gasteiger partial charge in [-0.25, -0.2) is 4.39 Å². The maximum absolute atomic E-state index is 13.1. The smallest absolute Gasteiger partial charge is 0.126 e. The maximum atomic E-state index is 13.1. The lowest BCUT2D eigenvalue weighted by Crippen LogP contribution is -2.00. The van der Waals surface area contributed by atoms with E-state index in [1.54, 1.807) is 13.0 Å². The van der Waals surface area contributed by atoms with E-state index in [1.807, 2.05) is 18.2 Å². The SMILES string of the molecule is Cc1cc(CNc2ccc(Br)c(C)c2)ccc1F. The summed E-state index contributed by atoms with van der Waals surface area (Å²) in [6, 6.07) is 11.3. The third kappa shape index (κ3) is 3.10. The molecule has 1 N–H and O–H groups in total. The van der Waals surface area contributed by atoms with Gasteiger partial charge in [0.2, 0.25) is 0 Å². The molecular weight excluding hydrogens is 293 g/mol. The van der Waals surface area contributed by atoms with Crippen molar-refractivity contribution in [2.45, 2.75) is 20.4 Å². The van der Waals surface area contributed by atoms with Gasteiger partial charge in [-0.15, -0.1) is 0 Å². The molecule has 2 aromatic rings. The Morgan fingerprint density at radius 2 is 1.83 bits per heavy atom. The van der Waals surface area contributed by atoms with E-state index in [-0.39, 0.29) is 5.82 Å². The Hall–Kier alpha value is -1.35. The minimum Gasteiger partial charge on any atom is -0.381 e. The molecule has 0 fully saturated rings. The zero-order valence-electron chi connectivity index (χ0n) is 10.4. The Labute approximate surface area is 115 Å². The molecule has 3 heteroatoms. The van der Waals surface area contributed by atoms with Crippen LogP contribution in [-0.2, 0) is 6.54 Å². The summed E-state index contributed by atoms with van der Waals surface area (Å²) in [5, 5.41) is 3.33. The average molecular weight is 308 g/mol. The molecule has 2 rings (SSSR count). The molecule has 0 atom stereocenters. The molecule has 0 aromatic heterocycles. The third-order valence-electron chi connectivity index (χ3n) is 2.88. The van der Waals surface area contributed by atoms with Gasteiger partial charge >= 0.3 is 0 Å². The van der Waals surface area contributed by atoms with Crippen LogP contribution < -0.4 is 5.32 Å². The van der Waals surface area contributed by atoms with E-state index in [1.165, 1.54) is 11.6 Å². The average Bonchev–Trinajstić information content (AvgIpc) is 2.35. The Kier molecular flexibility index (Phi) is 4.02. The van der Waals surface area contributed by atoms with Crippen LogP contribution in [0.25, 0.3) is 0 Å². The summed E-state index contributed by atoms with van der Waals surface area (Å²) in [6.45, 7) is 4.53. The van der Waals surface area contributed by atoms with Crippen LogP contribution in [0.5, 0.6) is 0 Å². The maximum Gasteiger partial charge on any atom is 0.126 e. The number of hydrogen-bond donors (Lipinski definition) is 1. The number of rotatable bonds is 3. The minimum absolute atomic E-state index is 0.154. The van der Waals surface area contributed by atoms with Crippen LogP contribution in [0.3, 0.4) is 0 Å². The van der Waals surface area contributed by atoms with Crippen molar-refractivity contribution in [3.8, 4) is 0 Å². The third-order valence-corrected chi connectivity index (χ3v) is 3.77. The van der Waals surface area contributed by atoms with Crippen molar-refractivity contribution in [3.05, 3.63) is 63.4 Å². The lowest BCUT2D eigenvalue weighted by atomic mass is 10.1. The van der Waals surface area contributed by atoms with Crippen LogP contribution >= 0.6 is 15.9 Å². The second-order valence-electron chi connectivity index (χ2n) is 4.40. The first kappa shape index (κ1) is 13.1. The number of benzene rings is 2. The Morgan fingerprint density at radius 1 is 1.06 bits per heavy atom. The van der Waals surface area contributed by atoms with Gasteiger partial charge in [0.05, 0.1) is 0 Å². The van der Waals surface area contributed by atoms with E-state index < -0.39 is 0 Å². The van der Waals surface area contributed by atoms with Crippen molar-refractivity contribution >= 4 is 21.6 Å². The van der Waals surface area contributed by atoms with Crippen molar-refractivity contribution in [2.75, 3.05) is 5.32 Å². The molecule has 94 valence electrons. The highest BCUT2D eigenvalue weighted by Crippen LogP contribution is 2.20. The van der Waals surface area contributed by atoms with E-state index >= 15 is 0 Å². The van der Waals surface area contributed by atoms with Crippen molar-refractivity contribution in [2.24, 2.45) is 0 Å². The lowest BCUT2D eigenvalue weighted by Gasteiger charge is -2.09. The van der Waals surface area contributed by atoms with Crippen molar-refractivity contribution in [1.82, 2.24) is 0 Å². The molecule has 0 heterocycles. The molecule has 0 aliphatic carbocycles. The molecule has 0 spiro atoms. The fourth-order valence-corrected chi connectivity index (χ4v) is 2.02. The van der Waals surface area contributed by atoms with Gasteiger partial charge in [0.15, 0.2) is 0 Å². The van der Waals surface area contributed by atoms with Crippen molar-refractivity contribution in [3.63, 3.8) is 0 Å². The molecule has 18 heavy (non-hydrogen) atoms. The summed E-state index contributed by atoms with van der Waals surface area (Å²) in [5.74, 6) is -0.154. The second-order valence-corrected chi connectivity index (χ2v) is 5.26. The summed E-state index contributed by atoms with van der Waals surface area (Å²) in [6.07, 6.45) is 0. The number of anilines is 1. The highest BCUT2D eigenvalue weighted by Gasteiger charge is 2.00. The summed E-state index contributed by atoms with van der Waals surface area (Å²) in [4.78, 5) is 0. The molecule has 0 unspecified atom stereocenters. The number of aryl methyl sites for hydroxylation is 2. The molecule has 0 aliphatic heterocycles.